The first-order valence-electron chi connectivity index (χ1n) is 5.88. The minimum atomic E-state index is -3.78. The molecular formula is C11H13ClN2O5S. The fourth-order valence-corrected chi connectivity index (χ4v) is 3.65. The van der Waals surface area contributed by atoms with E-state index < -0.39 is 20.6 Å². The van der Waals surface area contributed by atoms with Crippen molar-refractivity contribution >= 4 is 27.3 Å². The molecule has 0 spiro atoms. The summed E-state index contributed by atoms with van der Waals surface area (Å²) in [6.45, 7) is 2.52. The molecule has 0 bridgehead atoms. The van der Waals surface area contributed by atoms with Gasteiger partial charge in [-0.15, -0.1) is 0 Å². The highest BCUT2D eigenvalue weighted by molar-refractivity contribution is 7.89. The number of hydrogen-bond donors (Lipinski definition) is 0. The van der Waals surface area contributed by atoms with Gasteiger partial charge in [-0.25, -0.2) is 8.42 Å². The number of nitro benzene ring substituents is 1. The van der Waals surface area contributed by atoms with Crippen molar-refractivity contribution in [3.05, 3.63) is 33.3 Å². The van der Waals surface area contributed by atoms with Crippen LogP contribution in [-0.2, 0) is 14.8 Å². The van der Waals surface area contributed by atoms with Crippen LogP contribution < -0.4 is 0 Å². The number of nitro groups is 1. The molecule has 1 heterocycles. The number of morpholine rings is 1. The minimum Gasteiger partial charge on any atom is -0.376 e. The standard InChI is InChI=1S/C11H13ClN2O5S/c1-8-7-13(4-5-19-8)20(17,18)9-2-3-10(12)11(6-9)14(15)16/h2-3,6,8H,4-5,7H2,1H3. The summed E-state index contributed by atoms with van der Waals surface area (Å²) in [5.41, 5.74) is -0.422. The Hall–Kier alpha value is -1.22. The zero-order valence-corrected chi connectivity index (χ0v) is 12.2. The van der Waals surface area contributed by atoms with Gasteiger partial charge in [0.15, 0.2) is 0 Å². The second-order valence-corrected chi connectivity index (χ2v) is 6.76. The lowest BCUT2D eigenvalue weighted by molar-refractivity contribution is -0.384. The average Bonchev–Trinajstić information content (AvgIpc) is 2.38. The van der Waals surface area contributed by atoms with E-state index in [4.69, 9.17) is 16.3 Å². The molecule has 7 nitrogen and oxygen atoms in total. The molecule has 1 aromatic rings. The average molecular weight is 321 g/mol. The lowest BCUT2D eigenvalue weighted by Crippen LogP contribution is -2.44. The van der Waals surface area contributed by atoms with E-state index >= 15 is 0 Å². The maximum absolute atomic E-state index is 12.4. The van der Waals surface area contributed by atoms with Gasteiger partial charge in [-0.05, 0) is 19.1 Å². The molecule has 1 aliphatic rings. The summed E-state index contributed by atoms with van der Waals surface area (Å²) in [6, 6.07) is 3.47. The predicted octanol–water partition coefficient (Wildman–Crippen LogP) is 1.66. The molecule has 0 aromatic heterocycles. The Bertz CT molecular complexity index is 634. The molecule has 0 saturated carbocycles. The minimum absolute atomic E-state index is 0.0932. The van der Waals surface area contributed by atoms with E-state index in [1.807, 2.05) is 0 Å². The summed E-state index contributed by atoms with van der Waals surface area (Å²) in [6.07, 6.45) is -0.208. The van der Waals surface area contributed by atoms with E-state index in [1.54, 1.807) is 6.92 Å². The highest BCUT2D eigenvalue weighted by atomic mass is 35.5. The van der Waals surface area contributed by atoms with E-state index in [-0.39, 0.29) is 29.1 Å². The maximum atomic E-state index is 12.4. The fraction of sp³-hybridized carbons (Fsp3) is 0.455. The largest absolute Gasteiger partial charge is 0.376 e. The maximum Gasteiger partial charge on any atom is 0.289 e. The van der Waals surface area contributed by atoms with Crippen LogP contribution in [-0.4, -0.2) is 43.4 Å². The molecule has 0 N–H and O–H groups in total. The third kappa shape index (κ3) is 2.93. The molecule has 0 radical (unpaired) electrons. The zero-order valence-electron chi connectivity index (χ0n) is 10.7. The first-order chi connectivity index (χ1) is 9.32. The highest BCUT2D eigenvalue weighted by Gasteiger charge is 2.30. The van der Waals surface area contributed by atoms with Gasteiger partial charge < -0.3 is 4.74 Å². The highest BCUT2D eigenvalue weighted by Crippen LogP contribution is 2.29. The summed E-state index contributed by atoms with van der Waals surface area (Å²) in [5, 5.41) is 10.7. The van der Waals surface area contributed by atoms with Gasteiger partial charge >= 0.3 is 0 Å². The molecule has 0 amide bonds. The molecule has 1 unspecified atom stereocenters. The van der Waals surface area contributed by atoms with E-state index in [2.05, 4.69) is 0 Å². The van der Waals surface area contributed by atoms with Gasteiger partial charge in [0.05, 0.1) is 22.5 Å². The Morgan fingerprint density at radius 3 is 2.80 bits per heavy atom. The van der Waals surface area contributed by atoms with Crippen LogP contribution in [0, 0.1) is 10.1 Å². The Balaban J connectivity index is 2.39. The molecule has 1 aliphatic heterocycles. The molecule has 1 atom stereocenters. The molecule has 110 valence electrons. The van der Waals surface area contributed by atoms with Gasteiger partial charge in [0.25, 0.3) is 5.69 Å². The molecule has 20 heavy (non-hydrogen) atoms. The first kappa shape index (κ1) is 15.2. The zero-order chi connectivity index (χ0) is 14.9. The molecule has 1 saturated heterocycles. The summed E-state index contributed by atoms with van der Waals surface area (Å²) < 4.78 is 31.4. The molecular weight excluding hydrogens is 308 g/mol. The number of rotatable bonds is 3. The summed E-state index contributed by atoms with van der Waals surface area (Å²) >= 11 is 5.68. The van der Waals surface area contributed by atoms with Crippen LogP contribution in [0.15, 0.2) is 23.1 Å². The molecule has 9 heteroatoms. The van der Waals surface area contributed by atoms with Crippen LogP contribution in [0.2, 0.25) is 5.02 Å². The van der Waals surface area contributed by atoms with Crippen LogP contribution in [0.4, 0.5) is 5.69 Å². The molecule has 1 fully saturated rings. The van der Waals surface area contributed by atoms with Gasteiger partial charge in [0.2, 0.25) is 10.0 Å². The van der Waals surface area contributed by atoms with Crippen molar-refractivity contribution in [2.75, 3.05) is 19.7 Å². The number of benzene rings is 1. The summed E-state index contributed by atoms with van der Waals surface area (Å²) in [7, 11) is -3.78. The van der Waals surface area contributed by atoms with Crippen LogP contribution in [0.25, 0.3) is 0 Å². The third-order valence-electron chi connectivity index (χ3n) is 2.96. The van der Waals surface area contributed by atoms with E-state index in [1.165, 1.54) is 16.4 Å². The monoisotopic (exact) mass is 320 g/mol. The SMILES string of the molecule is CC1CN(S(=O)(=O)c2ccc(Cl)c([N+](=O)[O-])c2)CCO1. The van der Waals surface area contributed by atoms with Crippen molar-refractivity contribution in [1.29, 1.82) is 0 Å². The van der Waals surface area contributed by atoms with Gasteiger partial charge in [0, 0.05) is 19.2 Å². The predicted molar refractivity (Wildman–Crippen MR) is 72.3 cm³/mol. The topological polar surface area (TPSA) is 89.8 Å². The van der Waals surface area contributed by atoms with Crippen LogP contribution in [0.1, 0.15) is 6.92 Å². The number of hydrogen-bond acceptors (Lipinski definition) is 5. The van der Waals surface area contributed by atoms with Crippen molar-refractivity contribution in [2.24, 2.45) is 0 Å². The van der Waals surface area contributed by atoms with E-state index in [0.717, 1.165) is 6.07 Å². The van der Waals surface area contributed by atoms with Gasteiger partial charge in [0.1, 0.15) is 5.02 Å². The number of ether oxygens (including phenoxy) is 1. The van der Waals surface area contributed by atoms with Crippen molar-refractivity contribution in [1.82, 2.24) is 4.31 Å². The smallest absolute Gasteiger partial charge is 0.289 e. The molecule has 0 aliphatic carbocycles. The quantitative estimate of drug-likeness (QED) is 0.624. The Morgan fingerprint density at radius 1 is 1.50 bits per heavy atom. The van der Waals surface area contributed by atoms with Crippen molar-refractivity contribution < 1.29 is 18.1 Å². The van der Waals surface area contributed by atoms with Gasteiger partial charge in [-0.1, -0.05) is 11.6 Å². The Morgan fingerprint density at radius 2 is 2.20 bits per heavy atom. The Labute approximate surface area is 121 Å². The normalized spacial score (nSPS) is 20.8. The third-order valence-corrected chi connectivity index (χ3v) is 5.14. The lowest BCUT2D eigenvalue weighted by Gasteiger charge is -2.30. The fourth-order valence-electron chi connectivity index (χ4n) is 1.95. The molecule has 1 aromatic carbocycles. The second kappa shape index (κ2) is 5.65. The van der Waals surface area contributed by atoms with Crippen molar-refractivity contribution in [3.63, 3.8) is 0 Å². The summed E-state index contributed by atoms with van der Waals surface area (Å²) in [4.78, 5) is 9.98. The van der Waals surface area contributed by atoms with E-state index in [0.29, 0.717) is 6.61 Å². The Kier molecular flexibility index (Phi) is 4.28. The number of halogens is 1. The van der Waals surface area contributed by atoms with Crippen molar-refractivity contribution in [2.45, 2.75) is 17.9 Å². The second-order valence-electron chi connectivity index (χ2n) is 4.41. The number of sulfonamides is 1. The van der Waals surface area contributed by atoms with Crippen molar-refractivity contribution in [3.8, 4) is 0 Å². The van der Waals surface area contributed by atoms with Crippen LogP contribution in [0.3, 0.4) is 0 Å². The summed E-state index contributed by atoms with van der Waals surface area (Å²) in [5.74, 6) is 0. The number of nitrogens with zero attached hydrogens (tertiary/aromatic N) is 2. The lowest BCUT2D eigenvalue weighted by atomic mass is 10.3. The van der Waals surface area contributed by atoms with Crippen LogP contribution in [0.5, 0.6) is 0 Å². The van der Waals surface area contributed by atoms with E-state index in [9.17, 15) is 18.5 Å². The van der Waals surface area contributed by atoms with Gasteiger partial charge in [-0.3, -0.25) is 10.1 Å². The first-order valence-corrected chi connectivity index (χ1v) is 7.70. The molecule has 2 rings (SSSR count). The van der Waals surface area contributed by atoms with Gasteiger partial charge in [-0.2, -0.15) is 4.31 Å². The van der Waals surface area contributed by atoms with Crippen LogP contribution >= 0.6 is 11.6 Å².